The fourth-order valence-corrected chi connectivity index (χ4v) is 1.85. The lowest BCUT2D eigenvalue weighted by Crippen LogP contribution is -2.21. The van der Waals surface area contributed by atoms with Crippen LogP contribution in [0.5, 0.6) is 0 Å². The first kappa shape index (κ1) is 13.1. The van der Waals surface area contributed by atoms with Crippen molar-refractivity contribution in [2.75, 3.05) is 10.0 Å². The number of furan rings is 1. The first-order valence-corrected chi connectivity index (χ1v) is 6.74. The summed E-state index contributed by atoms with van der Waals surface area (Å²) in [7, 11) is -3.80. The second-order valence-electron chi connectivity index (χ2n) is 3.66. The van der Waals surface area contributed by atoms with Crippen molar-refractivity contribution in [2.45, 2.75) is 0 Å². The van der Waals surface area contributed by atoms with Crippen LogP contribution >= 0.6 is 0 Å². The van der Waals surface area contributed by atoms with Crippen LogP contribution in [0.2, 0.25) is 0 Å². The van der Waals surface area contributed by atoms with E-state index in [0.717, 1.165) is 0 Å². The van der Waals surface area contributed by atoms with Crippen LogP contribution in [0.1, 0.15) is 10.6 Å². The molecule has 1 aromatic heterocycles. The van der Waals surface area contributed by atoms with Crippen LogP contribution in [0.25, 0.3) is 0 Å². The Bertz CT molecular complexity index is 662. The van der Waals surface area contributed by atoms with Gasteiger partial charge in [-0.05, 0) is 36.4 Å². The average molecular weight is 281 g/mol. The maximum Gasteiger partial charge on any atom is 0.296 e. The molecule has 1 heterocycles. The van der Waals surface area contributed by atoms with Gasteiger partial charge < -0.3 is 9.73 Å². The fraction of sp³-hybridized carbons (Fsp3) is 0. The highest BCUT2D eigenvalue weighted by atomic mass is 32.2. The van der Waals surface area contributed by atoms with Gasteiger partial charge in [0.1, 0.15) is 0 Å². The molecule has 0 saturated heterocycles. The molecule has 0 fully saturated rings. The van der Waals surface area contributed by atoms with E-state index in [4.69, 9.17) is 9.56 Å². The molecule has 1 amide bonds. The molecule has 0 aliphatic rings. The molecule has 0 radical (unpaired) electrons. The van der Waals surface area contributed by atoms with Gasteiger partial charge in [0.05, 0.1) is 6.26 Å². The normalized spacial score (nSPS) is 11.0. The third-order valence-electron chi connectivity index (χ3n) is 2.15. The fourth-order valence-electron chi connectivity index (χ4n) is 1.39. The van der Waals surface area contributed by atoms with Crippen molar-refractivity contribution < 1.29 is 17.6 Å². The Morgan fingerprint density at radius 1 is 1.11 bits per heavy atom. The molecular formula is C11H11N3O4S. The lowest BCUT2D eigenvalue weighted by atomic mass is 10.3. The van der Waals surface area contributed by atoms with E-state index in [1.54, 1.807) is 6.07 Å². The van der Waals surface area contributed by atoms with Crippen LogP contribution in [0, 0.1) is 0 Å². The number of anilines is 2. The number of hydrogen-bond acceptors (Lipinski definition) is 4. The van der Waals surface area contributed by atoms with Gasteiger partial charge in [-0.1, -0.05) is 0 Å². The van der Waals surface area contributed by atoms with Crippen LogP contribution in [-0.2, 0) is 10.2 Å². The highest BCUT2D eigenvalue weighted by Gasteiger charge is 2.08. The Hall–Kier alpha value is -2.32. The summed E-state index contributed by atoms with van der Waals surface area (Å²) < 4.78 is 28.7. The summed E-state index contributed by atoms with van der Waals surface area (Å²) >= 11 is 0. The van der Waals surface area contributed by atoms with Crippen LogP contribution < -0.4 is 15.2 Å². The smallest absolute Gasteiger partial charge is 0.296 e. The van der Waals surface area contributed by atoms with Crippen molar-refractivity contribution in [3.8, 4) is 0 Å². The number of hydrogen-bond donors (Lipinski definition) is 3. The van der Waals surface area contributed by atoms with Gasteiger partial charge in [0.25, 0.3) is 16.1 Å². The number of rotatable bonds is 4. The van der Waals surface area contributed by atoms with E-state index in [9.17, 15) is 13.2 Å². The molecule has 0 atom stereocenters. The zero-order valence-electron chi connectivity index (χ0n) is 9.66. The van der Waals surface area contributed by atoms with Gasteiger partial charge in [0.15, 0.2) is 5.76 Å². The number of benzene rings is 1. The molecule has 7 nitrogen and oxygen atoms in total. The first-order valence-electron chi connectivity index (χ1n) is 5.19. The predicted octanol–water partition coefficient (Wildman–Crippen LogP) is 1.15. The van der Waals surface area contributed by atoms with E-state index < -0.39 is 16.1 Å². The summed E-state index contributed by atoms with van der Waals surface area (Å²) in [6, 6.07) is 9.16. The monoisotopic (exact) mass is 281 g/mol. The van der Waals surface area contributed by atoms with Crippen molar-refractivity contribution in [2.24, 2.45) is 5.14 Å². The van der Waals surface area contributed by atoms with Gasteiger partial charge in [-0.15, -0.1) is 0 Å². The number of amides is 1. The highest BCUT2D eigenvalue weighted by molar-refractivity contribution is 7.90. The summed E-state index contributed by atoms with van der Waals surface area (Å²) in [5.74, 6) is -0.205. The number of carbonyl (C=O) groups excluding carboxylic acids is 1. The third-order valence-corrected chi connectivity index (χ3v) is 2.67. The minimum Gasteiger partial charge on any atom is -0.459 e. The highest BCUT2D eigenvalue weighted by Crippen LogP contribution is 2.15. The molecule has 0 saturated carbocycles. The average Bonchev–Trinajstić information content (AvgIpc) is 2.83. The van der Waals surface area contributed by atoms with Gasteiger partial charge in [-0.3, -0.25) is 9.52 Å². The standard InChI is InChI=1S/C11H11N3O4S/c12-19(16,17)14-9-5-3-8(4-6-9)13-11(15)10-2-1-7-18-10/h1-7,14H,(H,13,15)(H2,12,16,17). The van der Waals surface area contributed by atoms with Crippen LogP contribution in [0.15, 0.2) is 47.1 Å². The van der Waals surface area contributed by atoms with Crippen molar-refractivity contribution in [3.05, 3.63) is 48.4 Å². The molecular weight excluding hydrogens is 270 g/mol. The minimum absolute atomic E-state index is 0.187. The Morgan fingerprint density at radius 2 is 1.74 bits per heavy atom. The molecule has 0 spiro atoms. The van der Waals surface area contributed by atoms with Crippen LogP contribution in [0.4, 0.5) is 11.4 Å². The summed E-state index contributed by atoms with van der Waals surface area (Å²) in [4.78, 5) is 11.7. The maximum atomic E-state index is 11.7. The molecule has 2 rings (SSSR count). The molecule has 0 aliphatic heterocycles. The van der Waals surface area contributed by atoms with Crippen molar-refractivity contribution in [1.29, 1.82) is 0 Å². The molecule has 1 aromatic carbocycles. The third kappa shape index (κ3) is 3.83. The predicted molar refractivity (Wildman–Crippen MR) is 69.8 cm³/mol. The second-order valence-corrected chi connectivity index (χ2v) is 4.95. The zero-order valence-corrected chi connectivity index (χ0v) is 10.5. The summed E-state index contributed by atoms with van der Waals surface area (Å²) in [6.07, 6.45) is 1.40. The number of nitrogens with one attached hydrogen (secondary N) is 2. The lowest BCUT2D eigenvalue weighted by Gasteiger charge is -2.06. The molecule has 19 heavy (non-hydrogen) atoms. The van der Waals surface area contributed by atoms with Gasteiger partial charge in [0, 0.05) is 11.4 Å². The van der Waals surface area contributed by atoms with E-state index in [1.165, 1.54) is 36.6 Å². The Balaban J connectivity index is 2.05. The van der Waals surface area contributed by atoms with Gasteiger partial charge >= 0.3 is 0 Å². The molecule has 0 bridgehead atoms. The molecule has 2 aromatic rings. The second kappa shape index (κ2) is 5.12. The molecule has 100 valence electrons. The number of nitrogens with two attached hydrogens (primary N) is 1. The van der Waals surface area contributed by atoms with E-state index in [0.29, 0.717) is 11.4 Å². The minimum atomic E-state index is -3.80. The zero-order chi connectivity index (χ0) is 13.9. The Kier molecular flexibility index (Phi) is 3.54. The van der Waals surface area contributed by atoms with Crippen LogP contribution in [-0.4, -0.2) is 14.3 Å². The molecule has 8 heteroatoms. The van der Waals surface area contributed by atoms with E-state index in [1.807, 2.05) is 0 Å². The van der Waals surface area contributed by atoms with Crippen molar-refractivity contribution in [1.82, 2.24) is 0 Å². The lowest BCUT2D eigenvalue weighted by molar-refractivity contribution is 0.0996. The Morgan fingerprint density at radius 3 is 2.26 bits per heavy atom. The van der Waals surface area contributed by atoms with Gasteiger partial charge in [-0.2, -0.15) is 8.42 Å². The Labute approximate surface area is 109 Å². The quantitative estimate of drug-likeness (QED) is 0.779. The topological polar surface area (TPSA) is 114 Å². The number of carbonyl (C=O) groups is 1. The largest absolute Gasteiger partial charge is 0.459 e. The van der Waals surface area contributed by atoms with Gasteiger partial charge in [0.2, 0.25) is 0 Å². The SMILES string of the molecule is NS(=O)(=O)Nc1ccc(NC(=O)c2ccco2)cc1. The maximum absolute atomic E-state index is 11.7. The van der Waals surface area contributed by atoms with E-state index in [2.05, 4.69) is 10.0 Å². The summed E-state index contributed by atoms with van der Waals surface area (Å²) in [5, 5.41) is 7.42. The molecule has 4 N–H and O–H groups in total. The van der Waals surface area contributed by atoms with E-state index in [-0.39, 0.29) is 5.76 Å². The van der Waals surface area contributed by atoms with Crippen LogP contribution in [0.3, 0.4) is 0 Å². The summed E-state index contributed by atoms with van der Waals surface area (Å²) in [5.41, 5.74) is 0.805. The van der Waals surface area contributed by atoms with Crippen molar-refractivity contribution >= 4 is 27.5 Å². The van der Waals surface area contributed by atoms with Gasteiger partial charge in [-0.25, -0.2) is 5.14 Å². The summed E-state index contributed by atoms with van der Waals surface area (Å²) in [6.45, 7) is 0. The molecule has 0 aliphatic carbocycles. The molecule has 0 unspecified atom stereocenters. The van der Waals surface area contributed by atoms with Crippen molar-refractivity contribution in [3.63, 3.8) is 0 Å². The first-order chi connectivity index (χ1) is 8.94. The van der Waals surface area contributed by atoms with E-state index >= 15 is 0 Å².